The van der Waals surface area contributed by atoms with E-state index < -0.39 is 67.1 Å². The lowest BCUT2D eigenvalue weighted by Gasteiger charge is -2.20. The monoisotopic (exact) mass is 472 g/mol. The first kappa shape index (κ1) is 24.1. The summed E-state index contributed by atoms with van der Waals surface area (Å²) in [6.45, 7) is 0. The van der Waals surface area contributed by atoms with E-state index in [-0.39, 0.29) is 6.07 Å². The Morgan fingerprint density at radius 1 is 1.00 bits per heavy atom. The Morgan fingerprint density at radius 3 is 2.03 bits per heavy atom. The number of hydrogen-bond acceptors (Lipinski definition) is 4. The van der Waals surface area contributed by atoms with E-state index in [0.29, 0.717) is 17.0 Å². The predicted molar refractivity (Wildman–Crippen MR) is 92.2 cm³/mol. The van der Waals surface area contributed by atoms with E-state index in [0.717, 1.165) is 25.2 Å². The molecule has 0 aromatic heterocycles. The van der Waals surface area contributed by atoms with Gasteiger partial charge < -0.3 is 0 Å². The number of amides is 3. The third-order valence-corrected chi connectivity index (χ3v) is 5.69. The summed E-state index contributed by atoms with van der Waals surface area (Å²) in [5.41, 5.74) is -1.88. The Kier molecular flexibility index (Phi) is 6.63. The van der Waals surface area contributed by atoms with Gasteiger partial charge in [0.25, 0.3) is 5.91 Å². The molecule has 0 fully saturated rings. The maximum Gasteiger partial charge on any atom is 0.408 e. The fourth-order valence-electron chi connectivity index (χ4n) is 2.27. The van der Waals surface area contributed by atoms with E-state index >= 15 is 0 Å². The molecular weight excluding hydrogens is 461 g/mol. The summed E-state index contributed by atoms with van der Waals surface area (Å²) in [6, 6.07) is 1.81. The molecule has 0 atom stereocenters. The number of carbonyl (C=O) groups is 2. The second-order valence-corrected chi connectivity index (χ2v) is 7.92. The zero-order valence-corrected chi connectivity index (χ0v) is 16.0. The molecule has 1 N–H and O–H groups in total. The standard InChI is InChI=1S/C17H11F7N2O4S/c1-26(16(28)25-14(27)13-9(18)3-2-4-10(13)19)12-6-5-8(7-11(12)20)31(29,30)17(23,24)15(21)22/h2-7,15H,1H3,(H,25,27,28). The van der Waals surface area contributed by atoms with Crippen LogP contribution in [0.4, 0.5) is 41.2 Å². The Bertz CT molecular complexity index is 1120. The smallest absolute Gasteiger partial charge is 0.294 e. The van der Waals surface area contributed by atoms with Crippen molar-refractivity contribution in [2.24, 2.45) is 0 Å². The number of alkyl halides is 4. The number of nitrogens with zero attached hydrogens (tertiary/aromatic N) is 1. The highest BCUT2D eigenvalue weighted by Gasteiger charge is 2.54. The van der Waals surface area contributed by atoms with Crippen LogP contribution in [-0.4, -0.2) is 39.1 Å². The number of carbonyl (C=O) groups excluding carboxylic acids is 2. The van der Waals surface area contributed by atoms with Gasteiger partial charge in [0.15, 0.2) is 0 Å². The average molecular weight is 472 g/mol. The first-order chi connectivity index (χ1) is 14.2. The summed E-state index contributed by atoms with van der Waals surface area (Å²) in [4.78, 5) is 22.9. The van der Waals surface area contributed by atoms with Crippen LogP contribution in [-0.2, 0) is 9.84 Å². The molecule has 3 amide bonds. The molecule has 2 rings (SSSR count). The first-order valence-corrected chi connectivity index (χ1v) is 9.43. The number of sulfone groups is 1. The van der Waals surface area contributed by atoms with Crippen LogP contribution >= 0.6 is 0 Å². The molecule has 0 saturated carbocycles. The number of hydrogen-bond donors (Lipinski definition) is 1. The van der Waals surface area contributed by atoms with Gasteiger partial charge >= 0.3 is 17.7 Å². The fraction of sp³-hybridized carbons (Fsp3) is 0.176. The molecule has 0 heterocycles. The van der Waals surface area contributed by atoms with Gasteiger partial charge in [-0.15, -0.1) is 0 Å². The minimum absolute atomic E-state index is 0.0247. The van der Waals surface area contributed by atoms with Crippen molar-refractivity contribution in [3.63, 3.8) is 0 Å². The van der Waals surface area contributed by atoms with E-state index in [1.165, 1.54) is 0 Å². The number of nitrogens with one attached hydrogen (secondary N) is 1. The van der Waals surface area contributed by atoms with Gasteiger partial charge in [-0.1, -0.05) is 6.07 Å². The highest BCUT2D eigenvalue weighted by molar-refractivity contribution is 7.92. The van der Waals surface area contributed by atoms with Crippen molar-refractivity contribution in [2.75, 3.05) is 11.9 Å². The van der Waals surface area contributed by atoms with Gasteiger partial charge in [-0.2, -0.15) is 8.78 Å². The average Bonchev–Trinajstić information content (AvgIpc) is 2.66. The van der Waals surface area contributed by atoms with Crippen molar-refractivity contribution in [3.8, 4) is 0 Å². The molecule has 0 bridgehead atoms. The summed E-state index contributed by atoms with van der Waals surface area (Å²) in [5.74, 6) is -5.72. The van der Waals surface area contributed by atoms with E-state index in [2.05, 4.69) is 0 Å². The van der Waals surface area contributed by atoms with E-state index in [4.69, 9.17) is 0 Å². The van der Waals surface area contributed by atoms with Crippen LogP contribution < -0.4 is 10.2 Å². The topological polar surface area (TPSA) is 83.6 Å². The zero-order valence-electron chi connectivity index (χ0n) is 15.2. The molecular formula is C17H11F7N2O4S. The Balaban J connectivity index is 2.29. The minimum Gasteiger partial charge on any atom is -0.294 e. The lowest BCUT2D eigenvalue weighted by atomic mass is 10.2. The number of benzene rings is 2. The molecule has 2 aromatic rings. The Morgan fingerprint density at radius 2 is 1.55 bits per heavy atom. The molecule has 14 heteroatoms. The molecule has 0 aliphatic rings. The summed E-state index contributed by atoms with van der Waals surface area (Å²) < 4.78 is 116. The maximum atomic E-state index is 14.2. The van der Waals surface area contributed by atoms with Gasteiger partial charge in [0, 0.05) is 7.05 Å². The number of anilines is 1. The van der Waals surface area contributed by atoms with Crippen LogP contribution in [0, 0.1) is 17.5 Å². The summed E-state index contributed by atoms with van der Waals surface area (Å²) in [6.07, 6.45) is -4.58. The molecule has 2 aromatic carbocycles. The molecule has 0 radical (unpaired) electrons. The van der Waals surface area contributed by atoms with Gasteiger partial charge in [-0.25, -0.2) is 35.2 Å². The SMILES string of the molecule is CN(C(=O)NC(=O)c1c(F)cccc1F)c1ccc(S(=O)(=O)C(F)(F)C(F)F)cc1F. The summed E-state index contributed by atoms with van der Waals surface area (Å²) in [5, 5.41) is -3.95. The van der Waals surface area contributed by atoms with E-state index in [9.17, 15) is 48.7 Å². The third-order valence-electron chi connectivity index (χ3n) is 3.92. The van der Waals surface area contributed by atoms with Crippen molar-refractivity contribution in [1.29, 1.82) is 0 Å². The molecule has 0 aliphatic carbocycles. The van der Waals surface area contributed by atoms with Gasteiger partial charge in [0.05, 0.1) is 10.6 Å². The predicted octanol–water partition coefficient (Wildman–Crippen LogP) is 3.72. The van der Waals surface area contributed by atoms with Crippen LogP contribution in [0.5, 0.6) is 0 Å². The van der Waals surface area contributed by atoms with Gasteiger partial charge in [-0.3, -0.25) is 15.0 Å². The van der Waals surface area contributed by atoms with Crippen LogP contribution in [0.1, 0.15) is 10.4 Å². The van der Waals surface area contributed by atoms with E-state index in [1.807, 2.05) is 0 Å². The van der Waals surface area contributed by atoms with Crippen LogP contribution in [0.2, 0.25) is 0 Å². The van der Waals surface area contributed by atoms with Gasteiger partial charge in [0.2, 0.25) is 9.84 Å². The van der Waals surface area contributed by atoms with Crippen molar-refractivity contribution >= 4 is 27.5 Å². The molecule has 0 spiro atoms. The van der Waals surface area contributed by atoms with Crippen LogP contribution in [0.3, 0.4) is 0 Å². The largest absolute Gasteiger partial charge is 0.408 e. The number of imide groups is 1. The van der Waals surface area contributed by atoms with Crippen molar-refractivity contribution in [2.45, 2.75) is 16.6 Å². The van der Waals surface area contributed by atoms with Crippen molar-refractivity contribution in [1.82, 2.24) is 5.32 Å². The van der Waals surface area contributed by atoms with Gasteiger partial charge in [-0.05, 0) is 30.3 Å². The minimum atomic E-state index is -5.97. The highest BCUT2D eigenvalue weighted by atomic mass is 32.2. The quantitative estimate of drug-likeness (QED) is 0.673. The van der Waals surface area contributed by atoms with Crippen molar-refractivity contribution < 1.29 is 48.7 Å². The normalized spacial score (nSPS) is 12.0. The lowest BCUT2D eigenvalue weighted by Crippen LogP contribution is -2.42. The number of urea groups is 1. The lowest BCUT2D eigenvalue weighted by molar-refractivity contribution is -0.0636. The fourth-order valence-corrected chi connectivity index (χ4v) is 3.32. The maximum absolute atomic E-state index is 14.2. The van der Waals surface area contributed by atoms with E-state index in [1.54, 1.807) is 5.32 Å². The summed E-state index contributed by atoms with van der Waals surface area (Å²) in [7, 11) is -5.12. The molecule has 31 heavy (non-hydrogen) atoms. The summed E-state index contributed by atoms with van der Waals surface area (Å²) >= 11 is 0. The van der Waals surface area contributed by atoms with Gasteiger partial charge in [0.1, 0.15) is 23.0 Å². The Hall–Kier alpha value is -3.16. The Labute approximate surface area is 170 Å². The zero-order chi connectivity index (χ0) is 23.7. The molecule has 0 unspecified atom stereocenters. The molecule has 168 valence electrons. The number of halogens is 7. The van der Waals surface area contributed by atoms with Crippen LogP contribution in [0.25, 0.3) is 0 Å². The second-order valence-electron chi connectivity index (χ2n) is 5.89. The molecule has 6 nitrogen and oxygen atoms in total. The highest BCUT2D eigenvalue weighted by Crippen LogP contribution is 2.35. The van der Waals surface area contributed by atoms with Crippen LogP contribution in [0.15, 0.2) is 41.3 Å². The molecule has 0 aliphatic heterocycles. The third kappa shape index (κ3) is 4.47. The second kappa shape index (κ2) is 8.53. The molecule has 0 saturated heterocycles. The number of rotatable bonds is 5. The first-order valence-electron chi connectivity index (χ1n) is 7.95. The van der Waals surface area contributed by atoms with Crippen molar-refractivity contribution in [3.05, 3.63) is 59.4 Å².